The molecule has 0 amide bonds. The van der Waals surface area contributed by atoms with Crippen molar-refractivity contribution in [1.82, 2.24) is 0 Å². The second kappa shape index (κ2) is 7.57. The lowest BCUT2D eigenvalue weighted by molar-refractivity contribution is -0.225. The molecule has 0 spiro atoms. The molecule has 5 aliphatic carbocycles. The van der Waals surface area contributed by atoms with Crippen LogP contribution in [0.5, 0.6) is 0 Å². The van der Waals surface area contributed by atoms with Crippen molar-refractivity contribution in [2.45, 2.75) is 111 Å². The van der Waals surface area contributed by atoms with Crippen molar-refractivity contribution in [3.63, 3.8) is 0 Å². The lowest BCUT2D eigenvalue weighted by Crippen LogP contribution is -2.68. The highest BCUT2D eigenvalue weighted by Gasteiger charge is 2.71. The van der Waals surface area contributed by atoms with Gasteiger partial charge in [0, 0.05) is 11.3 Å². The average molecular weight is 489 g/mol. The largest absolute Gasteiger partial charge is 0.481 e. The number of carboxylic acid groups (broad SMARTS) is 1. The molecule has 4 fully saturated rings. The fourth-order valence-electron chi connectivity index (χ4n) is 10.9. The van der Waals surface area contributed by atoms with E-state index in [4.69, 9.17) is 0 Å². The summed E-state index contributed by atoms with van der Waals surface area (Å²) < 4.78 is 0. The van der Waals surface area contributed by atoms with Crippen molar-refractivity contribution < 1.29 is 25.2 Å². The zero-order chi connectivity index (χ0) is 25.8. The molecule has 0 unspecified atom stereocenters. The van der Waals surface area contributed by atoms with Gasteiger partial charge in [0.25, 0.3) is 0 Å². The number of rotatable bonds is 2. The number of allylic oxidation sites excluding steroid dienone is 1. The van der Waals surface area contributed by atoms with E-state index < -0.39 is 28.5 Å². The Labute approximate surface area is 211 Å². The minimum atomic E-state index is -1.04. The first kappa shape index (κ1) is 25.7. The predicted molar refractivity (Wildman–Crippen MR) is 135 cm³/mol. The third-order valence-electron chi connectivity index (χ3n) is 13.6. The lowest BCUT2D eigenvalue weighted by Gasteiger charge is -2.71. The van der Waals surface area contributed by atoms with Gasteiger partial charge in [0.2, 0.25) is 0 Å². The molecule has 0 radical (unpaired) electrons. The molecule has 0 saturated heterocycles. The Bertz CT molecular complexity index is 941. The Kier molecular flexibility index (Phi) is 5.56. The number of hydrogen-bond acceptors (Lipinski definition) is 4. The maximum absolute atomic E-state index is 12.8. The van der Waals surface area contributed by atoms with Gasteiger partial charge in [-0.1, -0.05) is 46.3 Å². The van der Waals surface area contributed by atoms with Crippen molar-refractivity contribution in [2.24, 2.45) is 50.7 Å². The van der Waals surface area contributed by atoms with Gasteiger partial charge in [-0.05, 0) is 98.7 Å². The third kappa shape index (κ3) is 2.90. The van der Waals surface area contributed by atoms with Crippen LogP contribution in [0.25, 0.3) is 0 Å². The molecule has 198 valence electrons. The second-order valence-electron chi connectivity index (χ2n) is 14.6. The maximum Gasteiger partial charge on any atom is 0.310 e. The van der Waals surface area contributed by atoms with Crippen LogP contribution >= 0.6 is 0 Å². The number of hydrogen-bond donors (Lipinski definition) is 4. The molecular weight excluding hydrogens is 440 g/mol. The zero-order valence-corrected chi connectivity index (χ0v) is 22.7. The van der Waals surface area contributed by atoms with Crippen LogP contribution < -0.4 is 0 Å². The molecule has 4 N–H and O–H groups in total. The van der Waals surface area contributed by atoms with Crippen molar-refractivity contribution in [1.29, 1.82) is 0 Å². The minimum absolute atomic E-state index is 0.0115. The van der Waals surface area contributed by atoms with E-state index in [9.17, 15) is 25.2 Å². The summed E-state index contributed by atoms with van der Waals surface area (Å²) in [5, 5.41) is 43.8. The van der Waals surface area contributed by atoms with Gasteiger partial charge in [-0.3, -0.25) is 4.79 Å². The van der Waals surface area contributed by atoms with Gasteiger partial charge in [-0.2, -0.15) is 0 Å². The molecule has 0 heterocycles. The molecule has 5 heteroatoms. The van der Waals surface area contributed by atoms with Crippen molar-refractivity contribution in [2.75, 3.05) is 6.61 Å². The molecule has 0 bridgehead atoms. The fraction of sp³-hybridized carbons (Fsp3) is 0.900. The summed E-state index contributed by atoms with van der Waals surface area (Å²) in [7, 11) is 0. The Morgan fingerprint density at radius 1 is 0.971 bits per heavy atom. The van der Waals surface area contributed by atoms with E-state index >= 15 is 0 Å². The molecule has 4 saturated carbocycles. The number of fused-ring (bicyclic) bond motifs is 7. The average Bonchev–Trinajstić information content (AvgIpc) is 2.79. The van der Waals surface area contributed by atoms with E-state index in [0.29, 0.717) is 18.8 Å². The van der Waals surface area contributed by atoms with Crippen LogP contribution in [0, 0.1) is 50.7 Å². The molecule has 35 heavy (non-hydrogen) atoms. The predicted octanol–water partition coefficient (Wildman–Crippen LogP) is 5.18. The first-order valence-electron chi connectivity index (χ1n) is 14.1. The molecule has 11 atom stereocenters. The Morgan fingerprint density at radius 2 is 1.66 bits per heavy atom. The fourth-order valence-corrected chi connectivity index (χ4v) is 10.9. The quantitative estimate of drug-likeness (QED) is 0.402. The van der Waals surface area contributed by atoms with Gasteiger partial charge in [0.1, 0.15) is 0 Å². The molecule has 5 rings (SSSR count). The van der Waals surface area contributed by atoms with Crippen molar-refractivity contribution in [3.05, 3.63) is 11.6 Å². The summed E-state index contributed by atoms with van der Waals surface area (Å²) >= 11 is 0. The first-order chi connectivity index (χ1) is 16.1. The van der Waals surface area contributed by atoms with Crippen LogP contribution in [0.3, 0.4) is 0 Å². The van der Waals surface area contributed by atoms with E-state index in [-0.39, 0.29) is 40.6 Å². The van der Waals surface area contributed by atoms with Gasteiger partial charge in [0.05, 0.1) is 23.7 Å². The lowest BCUT2D eigenvalue weighted by atomic mass is 9.33. The van der Waals surface area contributed by atoms with Gasteiger partial charge in [-0.25, -0.2) is 0 Å². The number of aliphatic hydroxyl groups excluding tert-OH is 2. The molecule has 0 aromatic carbocycles. The highest BCUT2D eigenvalue weighted by molar-refractivity contribution is 5.77. The highest BCUT2D eigenvalue weighted by Crippen LogP contribution is 2.76. The molecule has 0 aromatic rings. The van der Waals surface area contributed by atoms with Crippen LogP contribution in [0.2, 0.25) is 0 Å². The summed E-state index contributed by atoms with van der Waals surface area (Å²) in [5.74, 6) is -0.356. The summed E-state index contributed by atoms with van der Waals surface area (Å²) in [6, 6.07) is 0. The summed E-state index contributed by atoms with van der Waals surface area (Å²) in [5.41, 5.74) is -1.35. The van der Waals surface area contributed by atoms with E-state index in [0.717, 1.165) is 44.9 Å². The van der Waals surface area contributed by atoms with Crippen LogP contribution in [0.1, 0.15) is 99.3 Å². The van der Waals surface area contributed by atoms with E-state index in [1.807, 2.05) is 6.92 Å². The van der Waals surface area contributed by atoms with Crippen molar-refractivity contribution in [3.8, 4) is 0 Å². The minimum Gasteiger partial charge on any atom is -0.481 e. The highest BCUT2D eigenvalue weighted by atomic mass is 16.4. The van der Waals surface area contributed by atoms with Crippen LogP contribution in [-0.2, 0) is 4.79 Å². The van der Waals surface area contributed by atoms with E-state index in [1.54, 1.807) is 0 Å². The van der Waals surface area contributed by atoms with Gasteiger partial charge in [-0.15, -0.1) is 0 Å². The summed E-state index contributed by atoms with van der Waals surface area (Å²) in [6.45, 7) is 13.3. The van der Waals surface area contributed by atoms with E-state index in [2.05, 4.69) is 40.7 Å². The van der Waals surface area contributed by atoms with Gasteiger partial charge >= 0.3 is 5.97 Å². The van der Waals surface area contributed by atoms with Crippen LogP contribution in [0.15, 0.2) is 11.6 Å². The Balaban J connectivity index is 1.64. The Hall–Kier alpha value is -0.910. The van der Waals surface area contributed by atoms with Gasteiger partial charge in [0.15, 0.2) is 0 Å². The maximum atomic E-state index is 12.8. The molecule has 0 aromatic heterocycles. The number of aliphatic hydroxyl groups is 3. The molecular formula is C30H48O5. The Morgan fingerprint density at radius 3 is 2.29 bits per heavy atom. The molecule has 5 nitrogen and oxygen atoms in total. The third-order valence-corrected chi connectivity index (χ3v) is 13.6. The number of aliphatic carboxylic acids is 1. The molecule has 5 aliphatic rings. The standard InChI is InChI=1S/C30H48O5/c1-18-9-14-30(24(33)34)16-15-27(4)19(23(30)29(18,6)35)7-8-21-25(2)12-11-22(32)26(3,17-31)20(25)10-13-28(21,27)5/h7,18,20-23,31-32,35H,8-17H2,1-6H3,(H,33,34)/t18-,20-,21-,22+,23-,25-,26-,27-,28+,29-,30+/m1/s1. The summed E-state index contributed by atoms with van der Waals surface area (Å²) in [4.78, 5) is 12.8. The number of carbonyl (C=O) groups is 1. The van der Waals surface area contributed by atoms with Crippen molar-refractivity contribution >= 4 is 5.97 Å². The second-order valence-corrected chi connectivity index (χ2v) is 14.6. The number of carboxylic acids is 1. The summed E-state index contributed by atoms with van der Waals surface area (Å²) in [6.07, 6.45) is 9.32. The zero-order valence-electron chi connectivity index (χ0n) is 22.7. The normalized spacial score (nSPS) is 57.7. The van der Waals surface area contributed by atoms with E-state index in [1.165, 1.54) is 5.57 Å². The van der Waals surface area contributed by atoms with Crippen LogP contribution in [0.4, 0.5) is 0 Å². The first-order valence-corrected chi connectivity index (χ1v) is 14.1. The topological polar surface area (TPSA) is 98.0 Å². The smallest absolute Gasteiger partial charge is 0.310 e. The van der Waals surface area contributed by atoms with Crippen LogP contribution in [-0.4, -0.2) is 44.7 Å². The molecule has 0 aliphatic heterocycles. The monoisotopic (exact) mass is 488 g/mol. The SMILES string of the molecule is C[C@@H]1CC[C@]2(C(=O)O)CC[C@]3(C)C(=CC[C@@H]4[C@]5(C)CC[C@H](O)[C@](C)(CO)[C@@H]5CC[C@@]43C)[C@@H]2[C@]1(C)O. The van der Waals surface area contributed by atoms with Gasteiger partial charge < -0.3 is 20.4 Å².